The zero-order valence-electron chi connectivity index (χ0n) is 17.4. The SMILES string of the molecule is Cc1ccc(N2CC(c3nc4ccccc4n3Cc3ccccc3C)CC2=O)cc1. The summed E-state index contributed by atoms with van der Waals surface area (Å²) in [7, 11) is 0. The molecular formula is C26H25N3O. The summed E-state index contributed by atoms with van der Waals surface area (Å²) in [4.78, 5) is 19.8. The number of nitrogens with zero attached hydrogens (tertiary/aromatic N) is 3. The van der Waals surface area contributed by atoms with Gasteiger partial charge in [-0.1, -0.05) is 54.1 Å². The Hall–Kier alpha value is -3.40. The molecule has 4 aromatic rings. The molecule has 1 atom stereocenters. The van der Waals surface area contributed by atoms with Crippen molar-refractivity contribution >= 4 is 22.6 Å². The van der Waals surface area contributed by atoms with Crippen LogP contribution in [-0.4, -0.2) is 22.0 Å². The molecule has 1 aliphatic heterocycles. The molecule has 1 unspecified atom stereocenters. The van der Waals surface area contributed by atoms with Gasteiger partial charge < -0.3 is 9.47 Å². The van der Waals surface area contributed by atoms with Crippen LogP contribution >= 0.6 is 0 Å². The molecule has 3 aromatic carbocycles. The average Bonchev–Trinajstić information content (AvgIpc) is 3.31. The number of rotatable bonds is 4. The summed E-state index contributed by atoms with van der Waals surface area (Å²) < 4.78 is 2.30. The molecule has 1 fully saturated rings. The molecule has 0 saturated carbocycles. The molecule has 1 amide bonds. The van der Waals surface area contributed by atoms with Gasteiger partial charge in [-0.2, -0.15) is 0 Å². The van der Waals surface area contributed by atoms with Crippen molar-refractivity contribution in [3.05, 3.63) is 95.3 Å². The Bertz CT molecular complexity index is 1220. The minimum absolute atomic E-state index is 0.0789. The van der Waals surface area contributed by atoms with Gasteiger partial charge >= 0.3 is 0 Å². The van der Waals surface area contributed by atoms with Crippen LogP contribution in [0, 0.1) is 13.8 Å². The van der Waals surface area contributed by atoms with E-state index < -0.39 is 0 Å². The molecule has 0 spiro atoms. The molecule has 2 heterocycles. The fourth-order valence-electron chi connectivity index (χ4n) is 4.38. The predicted molar refractivity (Wildman–Crippen MR) is 121 cm³/mol. The second-order valence-electron chi connectivity index (χ2n) is 8.21. The number of fused-ring (bicyclic) bond motifs is 1. The maximum atomic E-state index is 12.9. The fraction of sp³-hybridized carbons (Fsp3) is 0.231. The highest BCUT2D eigenvalue weighted by molar-refractivity contribution is 5.96. The maximum absolute atomic E-state index is 12.9. The number of hydrogen-bond acceptors (Lipinski definition) is 2. The monoisotopic (exact) mass is 395 g/mol. The number of amides is 1. The van der Waals surface area contributed by atoms with E-state index in [0.717, 1.165) is 29.1 Å². The molecule has 30 heavy (non-hydrogen) atoms. The summed E-state index contributed by atoms with van der Waals surface area (Å²) in [6.45, 7) is 5.63. The third-order valence-corrected chi connectivity index (χ3v) is 6.11. The van der Waals surface area contributed by atoms with Crippen molar-refractivity contribution in [3.8, 4) is 0 Å². The second-order valence-corrected chi connectivity index (χ2v) is 8.21. The lowest BCUT2D eigenvalue weighted by atomic mass is 10.1. The van der Waals surface area contributed by atoms with Crippen LogP contribution in [0.1, 0.15) is 34.9 Å². The number of aryl methyl sites for hydroxylation is 2. The quantitative estimate of drug-likeness (QED) is 0.475. The van der Waals surface area contributed by atoms with Crippen LogP contribution in [0.4, 0.5) is 5.69 Å². The molecule has 4 heteroatoms. The van der Waals surface area contributed by atoms with Crippen molar-refractivity contribution in [2.45, 2.75) is 32.7 Å². The van der Waals surface area contributed by atoms with E-state index in [4.69, 9.17) is 4.98 Å². The smallest absolute Gasteiger partial charge is 0.227 e. The van der Waals surface area contributed by atoms with Crippen molar-refractivity contribution in [1.29, 1.82) is 0 Å². The molecule has 1 aromatic heterocycles. The topological polar surface area (TPSA) is 38.1 Å². The van der Waals surface area contributed by atoms with Gasteiger partial charge in [0.2, 0.25) is 5.91 Å². The van der Waals surface area contributed by atoms with Crippen LogP contribution in [0.15, 0.2) is 72.8 Å². The lowest BCUT2D eigenvalue weighted by Gasteiger charge is -2.18. The lowest BCUT2D eigenvalue weighted by Crippen LogP contribution is -2.24. The number of carbonyl (C=O) groups is 1. The molecule has 150 valence electrons. The van der Waals surface area contributed by atoms with Crippen molar-refractivity contribution in [1.82, 2.24) is 9.55 Å². The molecule has 0 radical (unpaired) electrons. The maximum Gasteiger partial charge on any atom is 0.227 e. The van der Waals surface area contributed by atoms with Crippen LogP contribution in [0.3, 0.4) is 0 Å². The highest BCUT2D eigenvalue weighted by atomic mass is 16.2. The number of carbonyl (C=O) groups excluding carboxylic acids is 1. The van der Waals surface area contributed by atoms with E-state index in [1.807, 2.05) is 23.1 Å². The molecule has 0 N–H and O–H groups in total. The Morgan fingerprint density at radius 3 is 2.47 bits per heavy atom. The number of benzene rings is 3. The van der Waals surface area contributed by atoms with E-state index >= 15 is 0 Å². The zero-order valence-corrected chi connectivity index (χ0v) is 17.4. The Labute approximate surface area is 176 Å². The first kappa shape index (κ1) is 18.6. The standard InChI is InChI=1S/C26H25N3O/c1-18-11-13-22(14-12-18)28-17-21(15-25(28)30)26-27-23-9-5-6-10-24(23)29(26)16-20-8-4-3-7-19(20)2/h3-14,21H,15-17H2,1-2H3. The zero-order chi connectivity index (χ0) is 20.7. The highest BCUT2D eigenvalue weighted by Gasteiger charge is 2.34. The Balaban J connectivity index is 1.53. The summed E-state index contributed by atoms with van der Waals surface area (Å²) in [5.74, 6) is 1.25. The first-order valence-corrected chi connectivity index (χ1v) is 10.5. The second kappa shape index (κ2) is 7.45. The number of hydrogen-bond donors (Lipinski definition) is 0. The van der Waals surface area contributed by atoms with Gasteiger partial charge in [0.1, 0.15) is 5.82 Å². The van der Waals surface area contributed by atoms with Crippen LogP contribution in [0.25, 0.3) is 11.0 Å². The van der Waals surface area contributed by atoms with E-state index in [-0.39, 0.29) is 11.8 Å². The van der Waals surface area contributed by atoms with Gasteiger partial charge in [-0.15, -0.1) is 0 Å². The molecule has 5 rings (SSSR count). The Morgan fingerprint density at radius 1 is 0.933 bits per heavy atom. The normalized spacial score (nSPS) is 16.5. The van der Waals surface area contributed by atoms with E-state index in [2.05, 4.69) is 73.0 Å². The largest absolute Gasteiger partial charge is 0.323 e. The lowest BCUT2D eigenvalue weighted by molar-refractivity contribution is -0.117. The van der Waals surface area contributed by atoms with E-state index in [1.165, 1.54) is 16.7 Å². The Morgan fingerprint density at radius 2 is 1.67 bits per heavy atom. The van der Waals surface area contributed by atoms with Crippen molar-refractivity contribution < 1.29 is 4.79 Å². The van der Waals surface area contributed by atoms with E-state index in [9.17, 15) is 4.79 Å². The van der Waals surface area contributed by atoms with Gasteiger partial charge in [-0.25, -0.2) is 4.98 Å². The van der Waals surface area contributed by atoms with Gasteiger partial charge in [0.15, 0.2) is 0 Å². The van der Waals surface area contributed by atoms with Crippen LogP contribution in [0.2, 0.25) is 0 Å². The minimum atomic E-state index is 0.0789. The first-order chi connectivity index (χ1) is 14.6. The Kier molecular flexibility index (Phi) is 4.62. The molecule has 1 saturated heterocycles. The third-order valence-electron chi connectivity index (χ3n) is 6.11. The summed E-state index contributed by atoms with van der Waals surface area (Å²) in [6, 6.07) is 24.9. The third kappa shape index (κ3) is 3.28. The van der Waals surface area contributed by atoms with Gasteiger partial charge in [0.25, 0.3) is 0 Å². The number of anilines is 1. The van der Waals surface area contributed by atoms with E-state index in [0.29, 0.717) is 13.0 Å². The van der Waals surface area contributed by atoms with Crippen molar-refractivity contribution in [3.63, 3.8) is 0 Å². The summed E-state index contributed by atoms with van der Waals surface area (Å²) in [6.07, 6.45) is 0.491. The van der Waals surface area contributed by atoms with Crippen molar-refractivity contribution in [2.75, 3.05) is 11.4 Å². The molecule has 0 aliphatic carbocycles. The highest BCUT2D eigenvalue weighted by Crippen LogP contribution is 2.33. The molecular weight excluding hydrogens is 370 g/mol. The van der Waals surface area contributed by atoms with Gasteiger partial charge in [-0.3, -0.25) is 4.79 Å². The van der Waals surface area contributed by atoms with Gasteiger partial charge in [0, 0.05) is 31.1 Å². The van der Waals surface area contributed by atoms with Gasteiger partial charge in [0.05, 0.1) is 11.0 Å². The van der Waals surface area contributed by atoms with Crippen LogP contribution < -0.4 is 4.90 Å². The molecule has 4 nitrogen and oxygen atoms in total. The summed E-state index contributed by atoms with van der Waals surface area (Å²) >= 11 is 0. The number of para-hydroxylation sites is 2. The van der Waals surface area contributed by atoms with E-state index in [1.54, 1.807) is 0 Å². The average molecular weight is 396 g/mol. The molecule has 1 aliphatic rings. The van der Waals surface area contributed by atoms with Crippen LogP contribution in [-0.2, 0) is 11.3 Å². The first-order valence-electron chi connectivity index (χ1n) is 10.5. The summed E-state index contributed by atoms with van der Waals surface area (Å²) in [5, 5.41) is 0. The summed E-state index contributed by atoms with van der Waals surface area (Å²) in [5.41, 5.74) is 6.82. The number of imidazole rings is 1. The van der Waals surface area contributed by atoms with Crippen LogP contribution in [0.5, 0.6) is 0 Å². The van der Waals surface area contributed by atoms with Gasteiger partial charge in [-0.05, 0) is 49.2 Å². The number of aromatic nitrogens is 2. The molecule has 0 bridgehead atoms. The van der Waals surface area contributed by atoms with Crippen molar-refractivity contribution in [2.24, 2.45) is 0 Å². The minimum Gasteiger partial charge on any atom is -0.323 e. The predicted octanol–water partition coefficient (Wildman–Crippen LogP) is 5.22. The fourth-order valence-corrected chi connectivity index (χ4v) is 4.38.